The zero-order valence-corrected chi connectivity index (χ0v) is 9.82. The maximum Gasteiger partial charge on any atom is 0.326 e. The summed E-state index contributed by atoms with van der Waals surface area (Å²) in [6, 6.07) is -0.880. The number of hydrogen-bond acceptors (Lipinski definition) is 5. The van der Waals surface area contributed by atoms with Gasteiger partial charge in [0.15, 0.2) is 5.69 Å². The number of carboxylic acids is 1. The Morgan fingerprint density at radius 2 is 2.25 bits per heavy atom. The number of hydrogen-bond donors (Lipinski definition) is 2. The van der Waals surface area contributed by atoms with E-state index in [0.29, 0.717) is 6.42 Å². The van der Waals surface area contributed by atoms with Crippen molar-refractivity contribution in [1.82, 2.24) is 14.9 Å². The van der Waals surface area contributed by atoms with Gasteiger partial charge in [-0.05, 0) is 23.9 Å². The molecule has 88 valence electrons. The maximum absolute atomic E-state index is 11.5. The van der Waals surface area contributed by atoms with E-state index < -0.39 is 17.9 Å². The SMILES string of the molecule is CC(C)CC(NC(=O)c1csnn1)C(=O)O. The number of rotatable bonds is 5. The predicted molar refractivity (Wildman–Crippen MR) is 58.3 cm³/mol. The predicted octanol–water partition coefficient (Wildman–Crippen LogP) is 0.767. The smallest absolute Gasteiger partial charge is 0.326 e. The number of carboxylic acid groups (broad SMARTS) is 1. The van der Waals surface area contributed by atoms with Gasteiger partial charge >= 0.3 is 5.97 Å². The van der Waals surface area contributed by atoms with Gasteiger partial charge in [-0.1, -0.05) is 18.3 Å². The summed E-state index contributed by atoms with van der Waals surface area (Å²) in [5.41, 5.74) is 0.153. The minimum absolute atomic E-state index is 0.153. The lowest BCUT2D eigenvalue weighted by molar-refractivity contribution is -0.139. The van der Waals surface area contributed by atoms with Crippen molar-refractivity contribution in [2.45, 2.75) is 26.3 Å². The van der Waals surface area contributed by atoms with Crippen molar-refractivity contribution < 1.29 is 14.7 Å². The average molecular weight is 243 g/mol. The standard InChI is InChI=1S/C9H13N3O3S/c1-5(2)3-6(9(14)15)10-8(13)7-4-16-12-11-7/h4-6H,3H2,1-2H3,(H,10,13)(H,14,15). The molecule has 0 aromatic carbocycles. The first-order valence-electron chi connectivity index (χ1n) is 4.81. The number of carbonyl (C=O) groups excluding carboxylic acids is 1. The highest BCUT2D eigenvalue weighted by atomic mass is 32.1. The third kappa shape index (κ3) is 3.58. The largest absolute Gasteiger partial charge is 0.480 e. The molecule has 1 atom stereocenters. The summed E-state index contributed by atoms with van der Waals surface area (Å²) in [6.07, 6.45) is 0.388. The second kappa shape index (κ2) is 5.55. The Labute approximate surface area is 96.8 Å². The van der Waals surface area contributed by atoms with Gasteiger partial charge < -0.3 is 10.4 Å². The van der Waals surface area contributed by atoms with Gasteiger partial charge in [-0.15, -0.1) is 5.10 Å². The zero-order valence-electron chi connectivity index (χ0n) is 9.01. The number of nitrogens with zero attached hydrogens (tertiary/aromatic N) is 2. The van der Waals surface area contributed by atoms with Gasteiger partial charge in [0.25, 0.3) is 5.91 Å². The van der Waals surface area contributed by atoms with E-state index >= 15 is 0 Å². The molecule has 2 N–H and O–H groups in total. The monoisotopic (exact) mass is 243 g/mol. The van der Waals surface area contributed by atoms with Crippen LogP contribution in [0, 0.1) is 5.92 Å². The zero-order chi connectivity index (χ0) is 12.1. The van der Waals surface area contributed by atoms with Crippen LogP contribution in [-0.2, 0) is 4.79 Å². The number of aromatic nitrogens is 2. The molecule has 0 spiro atoms. The van der Waals surface area contributed by atoms with Gasteiger partial charge in [-0.2, -0.15) is 0 Å². The van der Waals surface area contributed by atoms with E-state index in [1.807, 2.05) is 13.8 Å². The van der Waals surface area contributed by atoms with Crippen LogP contribution < -0.4 is 5.32 Å². The molecule has 6 nitrogen and oxygen atoms in total. The molecular weight excluding hydrogens is 230 g/mol. The highest BCUT2D eigenvalue weighted by molar-refractivity contribution is 7.03. The third-order valence-corrected chi connectivity index (χ3v) is 2.41. The van der Waals surface area contributed by atoms with Crippen molar-refractivity contribution >= 4 is 23.4 Å². The Bertz CT molecular complexity index is 364. The molecule has 1 aromatic heterocycles. The fraction of sp³-hybridized carbons (Fsp3) is 0.556. The van der Waals surface area contributed by atoms with Gasteiger partial charge in [0.1, 0.15) is 6.04 Å². The molecular formula is C9H13N3O3S. The number of amides is 1. The van der Waals surface area contributed by atoms with Crippen LogP contribution in [0.5, 0.6) is 0 Å². The minimum Gasteiger partial charge on any atom is -0.480 e. The van der Waals surface area contributed by atoms with Crippen LogP contribution in [0.2, 0.25) is 0 Å². The Balaban J connectivity index is 2.62. The van der Waals surface area contributed by atoms with E-state index in [1.54, 1.807) is 0 Å². The van der Waals surface area contributed by atoms with Crippen molar-refractivity contribution in [3.05, 3.63) is 11.1 Å². The van der Waals surface area contributed by atoms with Crippen LogP contribution in [-0.4, -0.2) is 32.6 Å². The lowest BCUT2D eigenvalue weighted by Crippen LogP contribution is -2.41. The summed E-state index contributed by atoms with van der Waals surface area (Å²) < 4.78 is 3.54. The first kappa shape index (κ1) is 12.6. The number of carbonyl (C=O) groups is 2. The van der Waals surface area contributed by atoms with Crippen LogP contribution in [0.25, 0.3) is 0 Å². The second-order valence-corrected chi connectivity index (χ2v) is 4.39. The average Bonchev–Trinajstić information content (AvgIpc) is 2.68. The molecule has 1 unspecified atom stereocenters. The Hall–Kier alpha value is -1.50. The first-order chi connectivity index (χ1) is 7.50. The van der Waals surface area contributed by atoms with Crippen LogP contribution >= 0.6 is 11.5 Å². The number of aliphatic carboxylic acids is 1. The fourth-order valence-electron chi connectivity index (χ4n) is 1.19. The van der Waals surface area contributed by atoms with Crippen molar-refractivity contribution in [1.29, 1.82) is 0 Å². The van der Waals surface area contributed by atoms with Crippen molar-refractivity contribution in [3.63, 3.8) is 0 Å². The molecule has 0 saturated carbocycles. The second-order valence-electron chi connectivity index (χ2n) is 3.78. The summed E-state index contributed by atoms with van der Waals surface area (Å²) in [4.78, 5) is 22.4. The molecule has 0 aliphatic carbocycles. The molecule has 0 aliphatic rings. The highest BCUT2D eigenvalue weighted by Crippen LogP contribution is 2.06. The summed E-state index contributed by atoms with van der Waals surface area (Å²) in [7, 11) is 0. The van der Waals surface area contributed by atoms with Crippen molar-refractivity contribution in [2.24, 2.45) is 5.92 Å². The Morgan fingerprint density at radius 3 is 2.69 bits per heavy atom. The van der Waals surface area contributed by atoms with Gasteiger partial charge in [0.05, 0.1) is 0 Å². The Kier molecular flexibility index (Phi) is 4.36. The van der Waals surface area contributed by atoms with E-state index in [1.165, 1.54) is 5.38 Å². The lowest BCUT2D eigenvalue weighted by Gasteiger charge is -2.15. The van der Waals surface area contributed by atoms with Crippen LogP contribution in [0.15, 0.2) is 5.38 Å². The summed E-state index contributed by atoms with van der Waals surface area (Å²) in [5.74, 6) is -1.35. The van der Waals surface area contributed by atoms with E-state index in [-0.39, 0.29) is 11.6 Å². The molecule has 7 heteroatoms. The molecule has 0 bridgehead atoms. The summed E-state index contributed by atoms with van der Waals surface area (Å²) in [5, 5.41) is 16.4. The minimum atomic E-state index is -1.04. The molecule has 0 saturated heterocycles. The normalized spacial score (nSPS) is 12.4. The molecule has 1 rings (SSSR count). The van der Waals surface area contributed by atoms with Crippen LogP contribution in [0.1, 0.15) is 30.8 Å². The van der Waals surface area contributed by atoms with Crippen LogP contribution in [0.3, 0.4) is 0 Å². The topological polar surface area (TPSA) is 92.2 Å². The van der Waals surface area contributed by atoms with Crippen molar-refractivity contribution in [2.75, 3.05) is 0 Å². The molecule has 1 amide bonds. The fourth-order valence-corrected chi connectivity index (χ4v) is 1.62. The third-order valence-electron chi connectivity index (χ3n) is 1.90. The van der Waals surface area contributed by atoms with Crippen LogP contribution in [0.4, 0.5) is 0 Å². The molecule has 1 heterocycles. The van der Waals surface area contributed by atoms with E-state index in [4.69, 9.17) is 5.11 Å². The van der Waals surface area contributed by atoms with Gasteiger partial charge in [-0.3, -0.25) is 4.79 Å². The maximum atomic E-state index is 11.5. The van der Waals surface area contributed by atoms with Gasteiger partial charge in [0, 0.05) is 5.38 Å². The molecule has 0 aliphatic heterocycles. The molecule has 0 radical (unpaired) electrons. The van der Waals surface area contributed by atoms with Gasteiger partial charge in [0.2, 0.25) is 0 Å². The first-order valence-corrected chi connectivity index (χ1v) is 5.65. The molecule has 1 aromatic rings. The highest BCUT2D eigenvalue weighted by Gasteiger charge is 2.22. The van der Waals surface area contributed by atoms with Gasteiger partial charge in [-0.25, -0.2) is 4.79 Å². The summed E-state index contributed by atoms with van der Waals surface area (Å²) >= 11 is 1.05. The quantitative estimate of drug-likeness (QED) is 0.796. The lowest BCUT2D eigenvalue weighted by atomic mass is 10.0. The van der Waals surface area contributed by atoms with Crippen molar-refractivity contribution in [3.8, 4) is 0 Å². The summed E-state index contributed by atoms with van der Waals surface area (Å²) in [6.45, 7) is 3.79. The molecule has 0 fully saturated rings. The van der Waals surface area contributed by atoms with E-state index in [0.717, 1.165) is 11.5 Å². The Morgan fingerprint density at radius 1 is 1.56 bits per heavy atom. The molecule has 16 heavy (non-hydrogen) atoms. The number of nitrogens with one attached hydrogen (secondary N) is 1. The van der Waals surface area contributed by atoms with E-state index in [2.05, 4.69) is 14.9 Å². The van der Waals surface area contributed by atoms with E-state index in [9.17, 15) is 9.59 Å².